The molecule has 63 heavy (non-hydrogen) atoms. The second-order valence-corrected chi connectivity index (χ2v) is 18.8. The Balaban J connectivity index is 1.63. The van der Waals surface area contributed by atoms with E-state index in [4.69, 9.17) is 37.9 Å². The van der Waals surface area contributed by atoms with Crippen LogP contribution < -0.4 is 5.32 Å². The van der Waals surface area contributed by atoms with Crippen LogP contribution in [0.2, 0.25) is 0 Å². The zero-order chi connectivity index (χ0) is 46.8. The third kappa shape index (κ3) is 7.87. The van der Waals surface area contributed by atoms with Crippen LogP contribution in [0.5, 0.6) is 0 Å². The lowest BCUT2D eigenvalue weighted by molar-refractivity contribution is -0.345. The highest BCUT2D eigenvalue weighted by molar-refractivity contribution is 5.96. The zero-order valence-electron chi connectivity index (χ0n) is 37.3. The molecule has 2 aliphatic heterocycles. The summed E-state index contributed by atoms with van der Waals surface area (Å²) in [6.07, 6.45) is -13.5. The van der Waals surface area contributed by atoms with Gasteiger partial charge in [-0.2, -0.15) is 0 Å². The Bertz CT molecular complexity index is 2120. The first-order chi connectivity index (χ1) is 29.3. The van der Waals surface area contributed by atoms with Crippen molar-refractivity contribution in [1.82, 2.24) is 5.32 Å². The number of Topliss-reactive ketones (excluding diaryl/α,β-unsaturated/α-hetero) is 1. The molecular weight excluding hydrogens is 826 g/mol. The summed E-state index contributed by atoms with van der Waals surface area (Å²) in [5, 5.41) is 26.3. The lowest BCUT2D eigenvalue weighted by Crippen LogP contribution is -2.83. The summed E-state index contributed by atoms with van der Waals surface area (Å²) in [6.45, 7) is 16.4. The predicted octanol–water partition coefficient (Wildman–Crippen LogP) is 3.97. The number of hydrogen-bond acceptors (Lipinski definition) is 17. The van der Waals surface area contributed by atoms with E-state index < -0.39 is 124 Å². The third-order valence-electron chi connectivity index (χ3n) is 12.9. The van der Waals surface area contributed by atoms with Crippen LogP contribution in [-0.4, -0.2) is 124 Å². The molecule has 1 amide bonds. The summed E-state index contributed by atoms with van der Waals surface area (Å²) in [5.41, 5.74) is -8.48. The molecule has 5 aliphatic rings. The minimum atomic E-state index is -2.37. The number of nitrogens with one attached hydrogen (secondary N) is 1. The molecule has 18 heteroatoms. The van der Waals surface area contributed by atoms with Crippen molar-refractivity contribution in [1.29, 1.82) is 0 Å². The molecule has 2 bridgehead atoms. The standard InChI is InChI=1S/C45H57NO17/c1-12-28(49)57-32-29-22(4)31(58-38(53)30(50)25(18-21(2)3)46-39(54)62-41(6,7)8)35-45(42(29,9)10,63-40(55)60-35)36(59-37(52)24-16-14-13-15-17-24)33-43(11,34(32)51)26(48)19-27-44(33,20-56-27)61-23(5)47/h13-18,25-27,30-33,35-36,48,50H,12,19-20H2,1-11H3,(H,46,54)/t25-,26-,27+,30+,31+,32+,33?,35-,36-,43+,44-,45+/m0/s1. The lowest BCUT2D eigenvalue weighted by Gasteiger charge is -2.67. The van der Waals surface area contributed by atoms with Crippen LogP contribution in [0.3, 0.4) is 0 Å². The van der Waals surface area contributed by atoms with Crippen LogP contribution in [0.25, 0.3) is 0 Å². The van der Waals surface area contributed by atoms with Gasteiger partial charge < -0.3 is 53.4 Å². The molecule has 2 heterocycles. The normalized spacial score (nSPS) is 33.6. The number of amides is 1. The fraction of sp³-hybridized carbons (Fsp3) is 0.622. The van der Waals surface area contributed by atoms with Crippen LogP contribution in [-0.2, 0) is 57.1 Å². The van der Waals surface area contributed by atoms with E-state index in [1.165, 1.54) is 39.0 Å². The minimum Gasteiger partial charge on any atom is -0.454 e. The molecule has 344 valence electrons. The maximum absolute atomic E-state index is 15.7. The van der Waals surface area contributed by atoms with Gasteiger partial charge in [0.2, 0.25) is 5.60 Å². The number of ketones is 1. The maximum Gasteiger partial charge on any atom is 0.509 e. The highest BCUT2D eigenvalue weighted by Gasteiger charge is 2.83. The summed E-state index contributed by atoms with van der Waals surface area (Å²) in [4.78, 5) is 97.9. The number of allylic oxidation sites excluding steroid dienone is 1. The lowest BCUT2D eigenvalue weighted by atomic mass is 9.44. The molecule has 1 unspecified atom stereocenters. The predicted molar refractivity (Wildman–Crippen MR) is 216 cm³/mol. The van der Waals surface area contributed by atoms with Crippen LogP contribution in [0.4, 0.5) is 9.59 Å². The second kappa shape index (κ2) is 16.7. The summed E-state index contributed by atoms with van der Waals surface area (Å²) in [7, 11) is 0. The number of benzene rings is 1. The fourth-order valence-corrected chi connectivity index (χ4v) is 10.2. The van der Waals surface area contributed by atoms with E-state index in [9.17, 15) is 39.0 Å². The number of carbonyl (C=O) groups is 7. The van der Waals surface area contributed by atoms with Crippen molar-refractivity contribution in [2.75, 3.05) is 6.61 Å². The Labute approximate surface area is 364 Å². The summed E-state index contributed by atoms with van der Waals surface area (Å²) in [5.74, 6) is -6.54. The molecule has 0 aromatic heterocycles. The van der Waals surface area contributed by atoms with E-state index in [1.54, 1.807) is 66.7 Å². The molecule has 1 aromatic rings. The van der Waals surface area contributed by atoms with E-state index in [0.29, 0.717) is 5.57 Å². The van der Waals surface area contributed by atoms with Crippen molar-refractivity contribution >= 4 is 41.9 Å². The number of esters is 4. The first-order valence-electron chi connectivity index (χ1n) is 20.9. The largest absolute Gasteiger partial charge is 0.509 e. The molecule has 3 N–H and O–H groups in total. The third-order valence-corrected chi connectivity index (χ3v) is 12.9. The van der Waals surface area contributed by atoms with Crippen molar-refractivity contribution in [2.45, 2.75) is 155 Å². The molecule has 1 spiro atoms. The number of alkyl carbamates (subject to hydrolysis) is 1. The quantitative estimate of drug-likeness (QED) is 0.171. The average Bonchev–Trinajstić information content (AvgIpc) is 3.55. The Morgan fingerprint density at radius 1 is 1.00 bits per heavy atom. The van der Waals surface area contributed by atoms with Crippen molar-refractivity contribution < 1.29 is 81.7 Å². The van der Waals surface area contributed by atoms with Gasteiger partial charge in [0.05, 0.1) is 35.6 Å². The molecule has 12 atom stereocenters. The number of rotatable bonds is 10. The van der Waals surface area contributed by atoms with Gasteiger partial charge in [-0.15, -0.1) is 0 Å². The molecule has 2 saturated carbocycles. The van der Waals surface area contributed by atoms with Crippen LogP contribution in [0.15, 0.2) is 53.1 Å². The van der Waals surface area contributed by atoms with Gasteiger partial charge in [0.1, 0.15) is 11.7 Å². The highest BCUT2D eigenvalue weighted by atomic mass is 16.8. The molecule has 0 radical (unpaired) electrons. The molecule has 1 aromatic carbocycles. The van der Waals surface area contributed by atoms with Gasteiger partial charge in [-0.1, -0.05) is 50.6 Å². The summed E-state index contributed by atoms with van der Waals surface area (Å²) in [6, 6.07) is 6.30. The Morgan fingerprint density at radius 3 is 2.21 bits per heavy atom. The topological polar surface area (TPSA) is 246 Å². The van der Waals surface area contributed by atoms with Gasteiger partial charge in [-0.25, -0.2) is 19.2 Å². The Hall–Kier alpha value is -5.33. The highest BCUT2D eigenvalue weighted by Crippen LogP contribution is 2.67. The summed E-state index contributed by atoms with van der Waals surface area (Å²) >= 11 is 0. The molecular formula is C45H57NO17. The number of aliphatic hydroxyl groups excluding tert-OH is 2. The number of carbonyl (C=O) groups excluding carboxylic acids is 7. The van der Waals surface area contributed by atoms with Gasteiger partial charge in [0.15, 0.2) is 41.9 Å². The van der Waals surface area contributed by atoms with Gasteiger partial charge in [0, 0.05) is 25.2 Å². The van der Waals surface area contributed by atoms with Crippen LogP contribution in [0, 0.1) is 16.7 Å². The Morgan fingerprint density at radius 2 is 1.65 bits per heavy atom. The molecule has 6 rings (SSSR count). The van der Waals surface area contributed by atoms with E-state index >= 15 is 4.79 Å². The van der Waals surface area contributed by atoms with Crippen molar-refractivity contribution in [3.63, 3.8) is 0 Å². The van der Waals surface area contributed by atoms with Crippen molar-refractivity contribution in [2.24, 2.45) is 16.7 Å². The molecule has 2 saturated heterocycles. The molecule has 18 nitrogen and oxygen atoms in total. The monoisotopic (exact) mass is 883 g/mol. The molecule has 3 aliphatic carbocycles. The van der Waals surface area contributed by atoms with Gasteiger partial charge in [-0.3, -0.25) is 14.4 Å². The van der Waals surface area contributed by atoms with Gasteiger partial charge in [0.25, 0.3) is 0 Å². The first kappa shape index (κ1) is 47.2. The van der Waals surface area contributed by atoms with E-state index in [1.807, 2.05) is 0 Å². The fourth-order valence-electron chi connectivity index (χ4n) is 10.2. The average molecular weight is 884 g/mol. The smallest absolute Gasteiger partial charge is 0.454 e. The maximum atomic E-state index is 15.7. The van der Waals surface area contributed by atoms with Crippen LogP contribution >= 0.6 is 0 Å². The van der Waals surface area contributed by atoms with E-state index in [-0.39, 0.29) is 36.2 Å². The zero-order valence-corrected chi connectivity index (χ0v) is 37.3. The Kier molecular flexibility index (Phi) is 12.5. The van der Waals surface area contributed by atoms with E-state index in [0.717, 1.165) is 6.92 Å². The van der Waals surface area contributed by atoms with Gasteiger partial charge >= 0.3 is 36.1 Å². The number of fused-ring (bicyclic) bond motifs is 4. The van der Waals surface area contributed by atoms with Crippen molar-refractivity contribution in [3.05, 3.63) is 58.7 Å². The summed E-state index contributed by atoms with van der Waals surface area (Å²) < 4.78 is 48.3. The van der Waals surface area contributed by atoms with E-state index in [2.05, 4.69) is 5.32 Å². The SMILES string of the molecule is CCC(=O)O[C@H]1C(=O)[C@@]2(C)C([C@H](OC(=O)c3ccccc3)[C@]34OC(=O)O[C@H]3[C@H](OC(=O)[C@H](O)[C@H](C=C(C)C)NC(=O)OC(C)(C)C)C(C)=C1C4(C)C)[C@]1(OC(C)=O)CO[C@@H]1C[C@@H]2O. The molecule has 4 fully saturated rings. The number of aliphatic hydroxyl groups is 2. The van der Waals surface area contributed by atoms with Gasteiger partial charge in [-0.05, 0) is 71.7 Å². The minimum absolute atomic E-state index is 0.0225. The second-order valence-electron chi connectivity index (χ2n) is 18.8. The number of ether oxygens (including phenoxy) is 8. The van der Waals surface area contributed by atoms with Crippen LogP contribution in [0.1, 0.15) is 99.4 Å². The van der Waals surface area contributed by atoms with Crippen molar-refractivity contribution in [3.8, 4) is 0 Å². The first-order valence-corrected chi connectivity index (χ1v) is 20.9. The number of hydrogen-bond donors (Lipinski definition) is 3.